The predicted octanol–water partition coefficient (Wildman–Crippen LogP) is 4.88. The van der Waals surface area contributed by atoms with Gasteiger partial charge in [0.15, 0.2) is 0 Å². The Morgan fingerprint density at radius 2 is 1.49 bits per heavy atom. The van der Waals surface area contributed by atoms with Crippen LogP contribution in [0.1, 0.15) is 42.9 Å². The van der Waals surface area contributed by atoms with Crippen molar-refractivity contribution in [3.8, 4) is 11.1 Å². The van der Waals surface area contributed by atoms with Gasteiger partial charge in [0.1, 0.15) is 12.6 Å². The second-order valence-corrected chi connectivity index (χ2v) is 9.49. The van der Waals surface area contributed by atoms with Gasteiger partial charge in [-0.05, 0) is 59.7 Å². The van der Waals surface area contributed by atoms with Gasteiger partial charge in [-0.2, -0.15) is 0 Å². The largest absolute Gasteiger partial charge is 0.449 e. The van der Waals surface area contributed by atoms with Gasteiger partial charge in [0.05, 0.1) is 0 Å². The summed E-state index contributed by atoms with van der Waals surface area (Å²) < 4.78 is 5.55. The monoisotopic (exact) mass is 498 g/mol. The van der Waals surface area contributed by atoms with E-state index in [1.165, 1.54) is 11.1 Å². The highest BCUT2D eigenvalue weighted by atomic mass is 16.5. The number of alkyl carbamates (subject to hydrolysis) is 1. The quantitative estimate of drug-likeness (QED) is 0.392. The standard InChI is InChI=1S/C30H32N3O4/c1-19-12-14-22(15-13-19)33-29(35)21(3)32-28(34)16-20(2)17-31-30(36)37-18-27-25-10-6-4-8-23(25)24-9-5-7-11-26(24)27/h4-15,20-21,27H,1,16-18H2,2-3H3,(H,31,36)(H,32,34)(H,33,35)/t20?,21-/m0/s1. The number of hydrogen-bond donors (Lipinski definition) is 3. The number of ether oxygens (including phenoxy) is 1. The summed E-state index contributed by atoms with van der Waals surface area (Å²) in [4.78, 5) is 37.1. The van der Waals surface area contributed by atoms with Crippen molar-refractivity contribution < 1.29 is 19.1 Å². The highest BCUT2D eigenvalue weighted by Crippen LogP contribution is 2.44. The van der Waals surface area contributed by atoms with E-state index in [2.05, 4.69) is 47.1 Å². The van der Waals surface area contributed by atoms with E-state index in [9.17, 15) is 14.4 Å². The average Bonchev–Trinajstić information content (AvgIpc) is 3.21. The normalized spacial score (nSPS) is 13.6. The molecule has 3 aromatic rings. The minimum Gasteiger partial charge on any atom is -0.449 e. The lowest BCUT2D eigenvalue weighted by atomic mass is 9.98. The van der Waals surface area contributed by atoms with Gasteiger partial charge in [-0.1, -0.05) is 67.6 Å². The molecule has 1 unspecified atom stereocenters. The van der Waals surface area contributed by atoms with Crippen LogP contribution in [-0.2, 0) is 14.3 Å². The molecule has 2 atom stereocenters. The van der Waals surface area contributed by atoms with E-state index in [4.69, 9.17) is 4.74 Å². The van der Waals surface area contributed by atoms with E-state index in [-0.39, 0.29) is 43.2 Å². The fourth-order valence-electron chi connectivity index (χ4n) is 4.50. The van der Waals surface area contributed by atoms with Gasteiger partial charge in [0, 0.05) is 24.6 Å². The van der Waals surface area contributed by atoms with Crippen molar-refractivity contribution in [2.24, 2.45) is 5.92 Å². The Hall–Kier alpha value is -4.13. The molecular weight excluding hydrogens is 466 g/mol. The number of fused-ring (bicyclic) bond motifs is 3. The Morgan fingerprint density at radius 3 is 2.11 bits per heavy atom. The molecule has 1 aliphatic carbocycles. The topological polar surface area (TPSA) is 96.5 Å². The van der Waals surface area contributed by atoms with Gasteiger partial charge in [0.25, 0.3) is 0 Å². The number of amides is 3. The molecule has 1 radical (unpaired) electrons. The third-order valence-corrected chi connectivity index (χ3v) is 6.46. The molecule has 3 aromatic carbocycles. The third kappa shape index (κ3) is 6.55. The van der Waals surface area contributed by atoms with Crippen molar-refractivity contribution in [1.82, 2.24) is 10.6 Å². The summed E-state index contributed by atoms with van der Waals surface area (Å²) >= 11 is 0. The first-order chi connectivity index (χ1) is 17.8. The molecule has 4 rings (SSSR count). The number of rotatable bonds is 9. The molecular formula is C30H32N3O4. The van der Waals surface area contributed by atoms with Crippen LogP contribution in [0.4, 0.5) is 10.5 Å². The number of nitrogens with one attached hydrogen (secondary N) is 3. The second-order valence-electron chi connectivity index (χ2n) is 9.49. The van der Waals surface area contributed by atoms with Gasteiger partial charge >= 0.3 is 6.09 Å². The first kappa shape index (κ1) is 25.9. The first-order valence-electron chi connectivity index (χ1n) is 12.4. The van der Waals surface area contributed by atoms with Gasteiger partial charge in [-0.15, -0.1) is 0 Å². The third-order valence-electron chi connectivity index (χ3n) is 6.46. The zero-order valence-corrected chi connectivity index (χ0v) is 21.1. The summed E-state index contributed by atoms with van der Waals surface area (Å²) in [5.41, 5.74) is 6.13. The van der Waals surface area contributed by atoms with Gasteiger partial charge in [-0.3, -0.25) is 9.59 Å². The summed E-state index contributed by atoms with van der Waals surface area (Å²) in [5.74, 6) is -0.724. The molecule has 0 fully saturated rings. The van der Waals surface area contributed by atoms with E-state index in [0.29, 0.717) is 5.69 Å². The van der Waals surface area contributed by atoms with Crippen molar-refractivity contribution >= 4 is 23.6 Å². The second kappa shape index (κ2) is 11.7. The summed E-state index contributed by atoms with van der Waals surface area (Å²) in [6, 6.07) is 22.7. The maximum absolute atomic E-state index is 12.4. The molecule has 3 amide bonds. The molecule has 3 N–H and O–H groups in total. The van der Waals surface area contributed by atoms with Gasteiger partial charge in [-0.25, -0.2) is 4.79 Å². The molecule has 0 heterocycles. The number of benzene rings is 3. The Labute approximate surface area is 217 Å². The fourth-order valence-corrected chi connectivity index (χ4v) is 4.50. The molecule has 0 aromatic heterocycles. The lowest BCUT2D eigenvalue weighted by Gasteiger charge is -2.17. The predicted molar refractivity (Wildman–Crippen MR) is 144 cm³/mol. The van der Waals surface area contributed by atoms with E-state index >= 15 is 0 Å². The van der Waals surface area contributed by atoms with Crippen molar-refractivity contribution in [3.63, 3.8) is 0 Å². The van der Waals surface area contributed by atoms with E-state index in [0.717, 1.165) is 16.7 Å². The number of hydrogen-bond acceptors (Lipinski definition) is 4. The Balaban J connectivity index is 1.19. The van der Waals surface area contributed by atoms with Crippen LogP contribution in [0, 0.1) is 12.8 Å². The highest BCUT2D eigenvalue weighted by molar-refractivity contribution is 5.96. The molecule has 7 nitrogen and oxygen atoms in total. The van der Waals surface area contributed by atoms with E-state index < -0.39 is 12.1 Å². The van der Waals surface area contributed by atoms with Crippen molar-refractivity contribution in [3.05, 3.63) is 96.4 Å². The van der Waals surface area contributed by atoms with Crippen LogP contribution in [0.25, 0.3) is 11.1 Å². The first-order valence-corrected chi connectivity index (χ1v) is 12.4. The van der Waals surface area contributed by atoms with Crippen LogP contribution < -0.4 is 16.0 Å². The Kier molecular flexibility index (Phi) is 8.23. The van der Waals surface area contributed by atoms with Crippen LogP contribution in [0.2, 0.25) is 0 Å². The molecule has 0 bridgehead atoms. The van der Waals surface area contributed by atoms with Crippen LogP contribution >= 0.6 is 0 Å². The summed E-state index contributed by atoms with van der Waals surface area (Å²) in [5, 5.41) is 8.21. The molecule has 0 spiro atoms. The van der Waals surface area contributed by atoms with Crippen LogP contribution in [0.3, 0.4) is 0 Å². The minimum absolute atomic E-state index is 0.00874. The van der Waals surface area contributed by atoms with E-state index in [1.54, 1.807) is 31.2 Å². The molecule has 191 valence electrons. The average molecular weight is 499 g/mol. The lowest BCUT2D eigenvalue weighted by molar-refractivity contribution is -0.126. The van der Waals surface area contributed by atoms with Crippen molar-refractivity contribution in [2.45, 2.75) is 32.2 Å². The molecule has 0 saturated carbocycles. The fraction of sp³-hybridized carbons (Fsp3) is 0.267. The van der Waals surface area contributed by atoms with Crippen LogP contribution in [-0.4, -0.2) is 37.1 Å². The van der Waals surface area contributed by atoms with Crippen molar-refractivity contribution in [2.75, 3.05) is 18.5 Å². The van der Waals surface area contributed by atoms with Crippen LogP contribution in [0.5, 0.6) is 0 Å². The smallest absolute Gasteiger partial charge is 0.407 e. The lowest BCUT2D eigenvalue weighted by Crippen LogP contribution is -2.42. The molecule has 37 heavy (non-hydrogen) atoms. The van der Waals surface area contributed by atoms with Gasteiger partial charge < -0.3 is 20.7 Å². The molecule has 0 aliphatic heterocycles. The summed E-state index contributed by atoms with van der Waals surface area (Å²) in [7, 11) is 0. The number of carbonyl (C=O) groups is 3. The number of anilines is 1. The van der Waals surface area contributed by atoms with E-state index in [1.807, 2.05) is 31.2 Å². The summed E-state index contributed by atoms with van der Waals surface area (Å²) in [6.45, 7) is 7.81. The highest BCUT2D eigenvalue weighted by Gasteiger charge is 2.29. The molecule has 0 saturated heterocycles. The van der Waals surface area contributed by atoms with Gasteiger partial charge in [0.2, 0.25) is 11.8 Å². The summed E-state index contributed by atoms with van der Waals surface area (Å²) in [6.07, 6.45) is -0.354. The zero-order valence-electron chi connectivity index (χ0n) is 21.1. The minimum atomic E-state index is -0.700. The molecule has 1 aliphatic rings. The maximum Gasteiger partial charge on any atom is 0.407 e. The Bertz CT molecular complexity index is 1230. The van der Waals surface area contributed by atoms with Crippen LogP contribution in [0.15, 0.2) is 72.8 Å². The Morgan fingerprint density at radius 1 is 0.892 bits per heavy atom. The maximum atomic E-state index is 12.4. The molecule has 7 heteroatoms. The number of carbonyl (C=O) groups excluding carboxylic acids is 3. The van der Waals surface area contributed by atoms with Crippen molar-refractivity contribution in [1.29, 1.82) is 0 Å². The SMILES string of the molecule is [CH2]c1ccc(NC(=O)[C@H](C)NC(=O)CC(C)CNC(=O)OCC2c3ccccc3-c3ccccc32)cc1. The zero-order chi connectivity index (χ0) is 26.4.